The van der Waals surface area contributed by atoms with Crippen LogP contribution in [0.2, 0.25) is 0 Å². The normalized spacial score (nSPS) is 30.4. The molecule has 1 amide bonds. The van der Waals surface area contributed by atoms with E-state index in [1.54, 1.807) is 0 Å². The van der Waals surface area contributed by atoms with Gasteiger partial charge in [-0.15, -0.1) is 0 Å². The number of carbonyl (C=O) groups is 1. The van der Waals surface area contributed by atoms with Crippen molar-refractivity contribution in [3.8, 4) is 0 Å². The third kappa shape index (κ3) is 4.26. The van der Waals surface area contributed by atoms with Crippen LogP contribution in [-0.4, -0.2) is 63.3 Å². The van der Waals surface area contributed by atoms with Gasteiger partial charge in [-0.05, 0) is 25.9 Å². The van der Waals surface area contributed by atoms with Gasteiger partial charge in [-0.1, -0.05) is 0 Å². The highest BCUT2D eigenvalue weighted by atomic mass is 16.5. The first-order valence-electron chi connectivity index (χ1n) is 6.51. The second-order valence-electron chi connectivity index (χ2n) is 5.12. The summed E-state index contributed by atoms with van der Waals surface area (Å²) in [6.07, 6.45) is 1.73. The van der Waals surface area contributed by atoms with E-state index in [0.717, 1.165) is 32.7 Å². The Kier molecular flexibility index (Phi) is 4.76. The number of carbonyl (C=O) groups excluding carboxylic acids is 1. The van der Waals surface area contributed by atoms with Gasteiger partial charge in [0.15, 0.2) is 0 Å². The minimum Gasteiger partial charge on any atom is -0.375 e. The summed E-state index contributed by atoms with van der Waals surface area (Å²) in [4.78, 5) is 14.0. The SMILES string of the molecule is CN1CCC(CNC(=O)CC2CNCCO2)C1. The van der Waals surface area contributed by atoms with Crippen LogP contribution in [0.5, 0.6) is 0 Å². The quantitative estimate of drug-likeness (QED) is 0.692. The molecule has 0 saturated carbocycles. The lowest BCUT2D eigenvalue weighted by atomic mass is 10.1. The van der Waals surface area contributed by atoms with E-state index in [1.807, 2.05) is 0 Å². The third-order valence-electron chi connectivity index (χ3n) is 3.49. The van der Waals surface area contributed by atoms with E-state index in [-0.39, 0.29) is 12.0 Å². The van der Waals surface area contributed by atoms with Gasteiger partial charge in [0.2, 0.25) is 5.91 Å². The number of morpholine rings is 1. The maximum Gasteiger partial charge on any atom is 0.222 e. The second-order valence-corrected chi connectivity index (χ2v) is 5.12. The molecule has 2 saturated heterocycles. The highest BCUT2D eigenvalue weighted by Gasteiger charge is 2.21. The lowest BCUT2D eigenvalue weighted by molar-refractivity contribution is -0.124. The number of nitrogens with zero attached hydrogens (tertiary/aromatic N) is 1. The summed E-state index contributed by atoms with van der Waals surface area (Å²) in [7, 11) is 2.13. The van der Waals surface area contributed by atoms with Crippen molar-refractivity contribution in [3.05, 3.63) is 0 Å². The molecule has 2 atom stereocenters. The number of likely N-dealkylation sites (tertiary alicyclic amines) is 1. The van der Waals surface area contributed by atoms with Crippen LogP contribution in [-0.2, 0) is 9.53 Å². The van der Waals surface area contributed by atoms with Crippen molar-refractivity contribution in [2.24, 2.45) is 5.92 Å². The highest BCUT2D eigenvalue weighted by Crippen LogP contribution is 2.13. The Morgan fingerprint density at radius 1 is 1.59 bits per heavy atom. The molecule has 17 heavy (non-hydrogen) atoms. The lowest BCUT2D eigenvalue weighted by Gasteiger charge is -2.23. The smallest absolute Gasteiger partial charge is 0.222 e. The zero-order chi connectivity index (χ0) is 12.1. The van der Waals surface area contributed by atoms with Crippen LogP contribution in [0.4, 0.5) is 0 Å². The molecule has 5 heteroatoms. The molecule has 2 N–H and O–H groups in total. The summed E-state index contributed by atoms with van der Waals surface area (Å²) in [5.74, 6) is 0.739. The molecular formula is C12H23N3O2. The van der Waals surface area contributed by atoms with Gasteiger partial charge in [0.05, 0.1) is 19.1 Å². The molecular weight excluding hydrogens is 218 g/mol. The van der Waals surface area contributed by atoms with Gasteiger partial charge in [0.1, 0.15) is 0 Å². The first-order valence-corrected chi connectivity index (χ1v) is 6.51. The molecule has 2 unspecified atom stereocenters. The molecule has 0 aliphatic carbocycles. The topological polar surface area (TPSA) is 53.6 Å². The Bertz CT molecular complexity index is 254. The molecule has 2 aliphatic heterocycles. The van der Waals surface area contributed by atoms with E-state index in [0.29, 0.717) is 18.9 Å². The molecule has 0 spiro atoms. The Hall–Kier alpha value is -0.650. The summed E-state index contributed by atoms with van der Waals surface area (Å²) in [5, 5.41) is 6.25. The predicted octanol–water partition coefficient (Wildman–Crippen LogP) is -0.567. The average Bonchev–Trinajstić information content (AvgIpc) is 2.74. The molecule has 2 fully saturated rings. The maximum atomic E-state index is 11.7. The Balaban J connectivity index is 1.60. The van der Waals surface area contributed by atoms with Crippen molar-refractivity contribution in [2.45, 2.75) is 18.9 Å². The van der Waals surface area contributed by atoms with Gasteiger partial charge >= 0.3 is 0 Å². The molecule has 5 nitrogen and oxygen atoms in total. The minimum absolute atomic E-state index is 0.0509. The highest BCUT2D eigenvalue weighted by molar-refractivity contribution is 5.76. The summed E-state index contributed by atoms with van der Waals surface area (Å²) in [6, 6.07) is 0. The van der Waals surface area contributed by atoms with E-state index in [9.17, 15) is 4.79 Å². The average molecular weight is 241 g/mol. The van der Waals surface area contributed by atoms with Gasteiger partial charge in [-0.2, -0.15) is 0 Å². The number of nitrogens with one attached hydrogen (secondary N) is 2. The van der Waals surface area contributed by atoms with E-state index >= 15 is 0 Å². The van der Waals surface area contributed by atoms with Crippen molar-refractivity contribution in [1.82, 2.24) is 15.5 Å². The summed E-state index contributed by atoms with van der Waals surface area (Å²) in [5.41, 5.74) is 0. The number of rotatable bonds is 4. The molecule has 2 aliphatic rings. The molecule has 0 aromatic carbocycles. The Morgan fingerprint density at radius 3 is 3.12 bits per heavy atom. The van der Waals surface area contributed by atoms with Gasteiger partial charge in [-0.25, -0.2) is 0 Å². The van der Waals surface area contributed by atoms with E-state index in [2.05, 4.69) is 22.6 Å². The van der Waals surface area contributed by atoms with Crippen molar-refractivity contribution in [3.63, 3.8) is 0 Å². The number of amides is 1. The second kappa shape index (κ2) is 6.33. The van der Waals surface area contributed by atoms with Crippen LogP contribution in [0.3, 0.4) is 0 Å². The third-order valence-corrected chi connectivity index (χ3v) is 3.49. The molecule has 0 radical (unpaired) electrons. The number of ether oxygens (including phenoxy) is 1. The number of hydrogen-bond donors (Lipinski definition) is 2. The summed E-state index contributed by atoms with van der Waals surface area (Å²) in [6.45, 7) is 5.46. The van der Waals surface area contributed by atoms with Crippen LogP contribution in [0.1, 0.15) is 12.8 Å². The molecule has 2 heterocycles. The Morgan fingerprint density at radius 2 is 2.47 bits per heavy atom. The molecule has 2 rings (SSSR count). The van der Waals surface area contributed by atoms with E-state index in [1.165, 1.54) is 6.42 Å². The van der Waals surface area contributed by atoms with Crippen LogP contribution >= 0.6 is 0 Å². The monoisotopic (exact) mass is 241 g/mol. The largest absolute Gasteiger partial charge is 0.375 e. The van der Waals surface area contributed by atoms with Crippen molar-refractivity contribution in [2.75, 3.05) is 46.4 Å². The van der Waals surface area contributed by atoms with Gasteiger partial charge in [0, 0.05) is 26.2 Å². The van der Waals surface area contributed by atoms with Crippen molar-refractivity contribution in [1.29, 1.82) is 0 Å². The fourth-order valence-electron chi connectivity index (χ4n) is 2.48. The van der Waals surface area contributed by atoms with Crippen molar-refractivity contribution < 1.29 is 9.53 Å². The first kappa shape index (κ1) is 12.8. The first-order chi connectivity index (χ1) is 8.24. The van der Waals surface area contributed by atoms with Crippen LogP contribution in [0.15, 0.2) is 0 Å². The van der Waals surface area contributed by atoms with Gasteiger partial charge in [-0.3, -0.25) is 4.79 Å². The van der Waals surface area contributed by atoms with Gasteiger partial charge < -0.3 is 20.3 Å². The maximum absolute atomic E-state index is 11.7. The standard InChI is InChI=1S/C12H23N3O2/c1-15-4-2-10(9-15)7-14-12(16)6-11-8-13-3-5-17-11/h10-11,13H,2-9H2,1H3,(H,14,16). The number of hydrogen-bond acceptors (Lipinski definition) is 4. The summed E-state index contributed by atoms with van der Waals surface area (Å²) >= 11 is 0. The fraction of sp³-hybridized carbons (Fsp3) is 0.917. The van der Waals surface area contributed by atoms with Gasteiger partial charge in [0.25, 0.3) is 0 Å². The van der Waals surface area contributed by atoms with Crippen molar-refractivity contribution >= 4 is 5.91 Å². The lowest BCUT2D eigenvalue weighted by Crippen LogP contribution is -2.42. The van der Waals surface area contributed by atoms with E-state index < -0.39 is 0 Å². The summed E-state index contributed by atoms with van der Waals surface area (Å²) < 4.78 is 5.51. The molecule has 0 bridgehead atoms. The Labute approximate surface area is 103 Å². The molecule has 98 valence electrons. The zero-order valence-electron chi connectivity index (χ0n) is 10.6. The predicted molar refractivity (Wildman–Crippen MR) is 65.8 cm³/mol. The van der Waals surface area contributed by atoms with Crippen LogP contribution < -0.4 is 10.6 Å². The molecule has 0 aromatic rings. The van der Waals surface area contributed by atoms with Crippen LogP contribution in [0.25, 0.3) is 0 Å². The van der Waals surface area contributed by atoms with E-state index in [4.69, 9.17) is 4.74 Å². The van der Waals surface area contributed by atoms with Crippen LogP contribution in [0, 0.1) is 5.92 Å². The minimum atomic E-state index is 0.0509. The fourth-order valence-corrected chi connectivity index (χ4v) is 2.48. The molecule has 0 aromatic heterocycles. The zero-order valence-corrected chi connectivity index (χ0v) is 10.6.